The molecule has 0 bridgehead atoms. The second kappa shape index (κ2) is 5.77. The molecule has 1 aliphatic rings. The van der Waals surface area contributed by atoms with Gasteiger partial charge in [-0.15, -0.1) is 11.3 Å². The molecule has 3 rings (SSSR count). The number of hydrogen-bond donors (Lipinski definition) is 2. The van der Waals surface area contributed by atoms with Crippen molar-refractivity contribution in [3.8, 4) is 0 Å². The highest BCUT2D eigenvalue weighted by atomic mass is 32.1. The maximum absolute atomic E-state index is 12.7. The molecule has 1 saturated heterocycles. The van der Waals surface area contributed by atoms with Gasteiger partial charge in [0.15, 0.2) is 0 Å². The minimum absolute atomic E-state index is 0.106. The molecule has 7 nitrogen and oxygen atoms in total. The number of nitrogens with two attached hydrogens (primary N) is 1. The van der Waals surface area contributed by atoms with Gasteiger partial charge < -0.3 is 15.6 Å². The number of primary amides is 1. The molecule has 0 unspecified atom stereocenters. The second-order valence-electron chi connectivity index (χ2n) is 5.86. The van der Waals surface area contributed by atoms with Crippen molar-refractivity contribution in [3.63, 3.8) is 0 Å². The SMILES string of the molecule is Cc1nc2sc(C(=O)N3CCC(C(N)=O)CC3)c(C)c2c(=O)[nH]1. The van der Waals surface area contributed by atoms with Gasteiger partial charge in [-0.25, -0.2) is 4.98 Å². The predicted octanol–water partition coefficient (Wildman–Crippen LogP) is 0.939. The average Bonchev–Trinajstić information content (AvgIpc) is 2.83. The van der Waals surface area contributed by atoms with Crippen molar-refractivity contribution in [2.45, 2.75) is 26.7 Å². The van der Waals surface area contributed by atoms with E-state index >= 15 is 0 Å². The van der Waals surface area contributed by atoms with Gasteiger partial charge in [-0.2, -0.15) is 0 Å². The normalized spacial score (nSPS) is 16.0. The van der Waals surface area contributed by atoms with Crippen molar-refractivity contribution >= 4 is 33.4 Å². The van der Waals surface area contributed by atoms with Gasteiger partial charge in [0.2, 0.25) is 5.91 Å². The number of carbonyl (C=O) groups is 2. The summed E-state index contributed by atoms with van der Waals surface area (Å²) in [7, 11) is 0. The number of hydrogen-bond acceptors (Lipinski definition) is 5. The predicted molar refractivity (Wildman–Crippen MR) is 87.5 cm³/mol. The van der Waals surface area contributed by atoms with Crippen LogP contribution in [-0.4, -0.2) is 39.8 Å². The minimum atomic E-state index is -0.304. The van der Waals surface area contributed by atoms with Gasteiger partial charge in [-0.3, -0.25) is 14.4 Å². The highest BCUT2D eigenvalue weighted by Crippen LogP contribution is 2.29. The zero-order chi connectivity index (χ0) is 16.7. The fourth-order valence-corrected chi connectivity index (χ4v) is 4.16. The minimum Gasteiger partial charge on any atom is -0.369 e. The number of piperidine rings is 1. The Labute approximate surface area is 136 Å². The van der Waals surface area contributed by atoms with Gasteiger partial charge in [0.1, 0.15) is 10.7 Å². The van der Waals surface area contributed by atoms with Gasteiger partial charge >= 0.3 is 0 Å². The summed E-state index contributed by atoms with van der Waals surface area (Å²) in [5, 5.41) is 0.482. The number of nitrogens with one attached hydrogen (secondary N) is 1. The molecule has 23 heavy (non-hydrogen) atoms. The molecule has 2 amide bonds. The molecule has 0 aromatic carbocycles. The van der Waals surface area contributed by atoms with Gasteiger partial charge in [-0.05, 0) is 32.3 Å². The van der Waals surface area contributed by atoms with Crippen LogP contribution in [0.1, 0.15) is 33.9 Å². The van der Waals surface area contributed by atoms with Crippen LogP contribution in [0.25, 0.3) is 10.2 Å². The molecule has 0 spiro atoms. The van der Waals surface area contributed by atoms with Crippen LogP contribution in [0.3, 0.4) is 0 Å². The first-order valence-electron chi connectivity index (χ1n) is 7.47. The third-order valence-corrected chi connectivity index (χ3v) is 5.47. The Morgan fingerprint density at radius 2 is 1.96 bits per heavy atom. The molecule has 1 fully saturated rings. The highest BCUT2D eigenvalue weighted by Gasteiger charge is 2.29. The lowest BCUT2D eigenvalue weighted by molar-refractivity contribution is -0.123. The lowest BCUT2D eigenvalue weighted by atomic mass is 9.96. The van der Waals surface area contributed by atoms with Gasteiger partial charge in [0, 0.05) is 19.0 Å². The average molecular weight is 334 g/mol. The Morgan fingerprint density at radius 1 is 1.30 bits per heavy atom. The quantitative estimate of drug-likeness (QED) is 0.851. The smallest absolute Gasteiger partial charge is 0.264 e. The Bertz CT molecular complexity index is 846. The lowest BCUT2D eigenvalue weighted by Gasteiger charge is -2.30. The van der Waals surface area contributed by atoms with Crippen LogP contribution in [0.4, 0.5) is 0 Å². The van der Waals surface area contributed by atoms with Crippen LogP contribution in [0, 0.1) is 19.8 Å². The Hall–Kier alpha value is -2.22. The summed E-state index contributed by atoms with van der Waals surface area (Å²) in [6, 6.07) is 0. The van der Waals surface area contributed by atoms with Gasteiger partial charge in [-0.1, -0.05) is 0 Å². The molecular weight excluding hydrogens is 316 g/mol. The van der Waals surface area contributed by atoms with E-state index in [9.17, 15) is 14.4 Å². The summed E-state index contributed by atoms with van der Waals surface area (Å²) in [4.78, 5) is 45.9. The van der Waals surface area contributed by atoms with E-state index in [2.05, 4.69) is 9.97 Å². The van der Waals surface area contributed by atoms with Crippen LogP contribution in [0.15, 0.2) is 4.79 Å². The summed E-state index contributed by atoms with van der Waals surface area (Å²) in [6.45, 7) is 4.49. The number of fused-ring (bicyclic) bond motifs is 1. The first kappa shape index (κ1) is 15.7. The highest BCUT2D eigenvalue weighted by molar-refractivity contribution is 7.20. The Kier molecular flexibility index (Phi) is 3.93. The van der Waals surface area contributed by atoms with Crippen molar-refractivity contribution in [1.82, 2.24) is 14.9 Å². The first-order valence-corrected chi connectivity index (χ1v) is 8.28. The molecule has 122 valence electrons. The van der Waals surface area contributed by atoms with Gasteiger partial charge in [0.25, 0.3) is 11.5 Å². The fourth-order valence-electron chi connectivity index (χ4n) is 2.97. The number of aromatic nitrogens is 2. The third-order valence-electron chi connectivity index (χ3n) is 4.30. The topological polar surface area (TPSA) is 109 Å². The van der Waals surface area contributed by atoms with Crippen molar-refractivity contribution in [2.75, 3.05) is 13.1 Å². The van der Waals surface area contributed by atoms with E-state index < -0.39 is 0 Å². The molecule has 3 N–H and O–H groups in total. The fraction of sp³-hybridized carbons (Fsp3) is 0.467. The standard InChI is InChI=1S/C15H18N4O3S/c1-7-10-13(21)17-8(2)18-14(10)23-11(7)15(22)19-5-3-9(4-6-19)12(16)20/h9H,3-6H2,1-2H3,(H2,16,20)(H,17,18,21). The van der Waals surface area contributed by atoms with E-state index in [-0.39, 0.29) is 23.3 Å². The first-order chi connectivity index (χ1) is 10.9. The number of aryl methyl sites for hydroxylation is 2. The number of carbonyl (C=O) groups excluding carboxylic acids is 2. The van der Waals surface area contributed by atoms with E-state index in [0.717, 1.165) is 0 Å². The van der Waals surface area contributed by atoms with Crippen LogP contribution in [-0.2, 0) is 4.79 Å². The Balaban J connectivity index is 1.90. The zero-order valence-corrected chi connectivity index (χ0v) is 13.8. The largest absolute Gasteiger partial charge is 0.369 e. The number of thiophene rings is 1. The molecule has 3 heterocycles. The number of rotatable bonds is 2. The number of H-pyrrole nitrogens is 1. The molecule has 2 aromatic heterocycles. The zero-order valence-electron chi connectivity index (χ0n) is 13.0. The molecule has 0 atom stereocenters. The van der Waals surface area contributed by atoms with Crippen LogP contribution in [0.5, 0.6) is 0 Å². The lowest BCUT2D eigenvalue weighted by Crippen LogP contribution is -2.41. The van der Waals surface area contributed by atoms with E-state index in [4.69, 9.17) is 5.73 Å². The van der Waals surface area contributed by atoms with Crippen LogP contribution >= 0.6 is 11.3 Å². The number of nitrogens with zero attached hydrogens (tertiary/aromatic N) is 2. The molecule has 0 radical (unpaired) electrons. The van der Waals surface area contributed by atoms with Crippen LogP contribution < -0.4 is 11.3 Å². The van der Waals surface area contributed by atoms with E-state index in [1.807, 2.05) is 0 Å². The molecular formula is C15H18N4O3S. The summed E-state index contributed by atoms with van der Waals surface area (Å²) in [5.74, 6) is -0.0356. The summed E-state index contributed by atoms with van der Waals surface area (Å²) in [5.41, 5.74) is 5.77. The van der Waals surface area contributed by atoms with Crippen molar-refractivity contribution in [3.05, 3.63) is 26.6 Å². The molecule has 0 saturated carbocycles. The van der Waals surface area contributed by atoms with E-state index in [1.165, 1.54) is 11.3 Å². The molecule has 0 aliphatic carbocycles. The summed E-state index contributed by atoms with van der Waals surface area (Å²) >= 11 is 1.25. The van der Waals surface area contributed by atoms with Gasteiger partial charge in [0.05, 0.1) is 10.3 Å². The monoisotopic (exact) mass is 334 g/mol. The summed E-state index contributed by atoms with van der Waals surface area (Å²) < 4.78 is 0. The number of amides is 2. The number of likely N-dealkylation sites (tertiary alicyclic amines) is 1. The molecule has 1 aliphatic heterocycles. The van der Waals surface area contributed by atoms with Crippen molar-refractivity contribution in [2.24, 2.45) is 11.7 Å². The maximum Gasteiger partial charge on any atom is 0.264 e. The van der Waals surface area contributed by atoms with Crippen molar-refractivity contribution in [1.29, 1.82) is 0 Å². The number of aromatic amines is 1. The van der Waals surface area contributed by atoms with E-state index in [0.29, 0.717) is 52.4 Å². The molecule has 2 aromatic rings. The Morgan fingerprint density at radius 3 is 2.57 bits per heavy atom. The van der Waals surface area contributed by atoms with Crippen LogP contribution in [0.2, 0.25) is 0 Å². The second-order valence-corrected chi connectivity index (χ2v) is 6.86. The maximum atomic E-state index is 12.7. The molecule has 8 heteroatoms. The summed E-state index contributed by atoms with van der Waals surface area (Å²) in [6.07, 6.45) is 1.17. The third kappa shape index (κ3) is 2.74. The van der Waals surface area contributed by atoms with E-state index in [1.54, 1.807) is 18.7 Å². The van der Waals surface area contributed by atoms with Crippen molar-refractivity contribution < 1.29 is 9.59 Å².